The van der Waals surface area contributed by atoms with Gasteiger partial charge in [-0.25, -0.2) is 0 Å². The second-order valence-electron chi connectivity index (χ2n) is 5.29. The maximum absolute atomic E-state index is 6.39. The third-order valence-corrected chi connectivity index (χ3v) is 4.22. The molecular weight excluding hydrogens is 278 g/mol. The standard InChI is InChI=1S/C19H22ClN/c1-4-5-6-9-16-13-21-19(15(16)3)12-14(2)17-10-7-8-11-18(17)20/h4-10,12,18,21H,1,11,13H2,2-3H3/b6-5-,14-12+,16-9+. The Balaban J connectivity index is 2.22. The van der Waals surface area contributed by atoms with Crippen molar-refractivity contribution in [2.75, 3.05) is 6.54 Å². The maximum atomic E-state index is 6.39. The topological polar surface area (TPSA) is 12.0 Å². The first kappa shape index (κ1) is 15.7. The van der Waals surface area contributed by atoms with E-state index in [1.54, 1.807) is 6.08 Å². The molecule has 0 radical (unpaired) electrons. The molecule has 21 heavy (non-hydrogen) atoms. The van der Waals surface area contributed by atoms with Gasteiger partial charge in [-0.2, -0.15) is 0 Å². The minimum absolute atomic E-state index is 0.0825. The van der Waals surface area contributed by atoms with Crippen LogP contribution >= 0.6 is 11.6 Å². The van der Waals surface area contributed by atoms with Crippen molar-refractivity contribution in [3.05, 3.63) is 83.2 Å². The molecule has 2 aliphatic rings. The zero-order valence-corrected chi connectivity index (χ0v) is 13.5. The Kier molecular flexibility index (Phi) is 5.46. The molecule has 110 valence electrons. The highest BCUT2D eigenvalue weighted by molar-refractivity contribution is 6.23. The molecule has 0 saturated heterocycles. The Morgan fingerprint density at radius 2 is 2.24 bits per heavy atom. The number of halogens is 1. The second-order valence-corrected chi connectivity index (χ2v) is 5.81. The molecule has 2 rings (SSSR count). The average molecular weight is 300 g/mol. The summed E-state index contributed by atoms with van der Waals surface area (Å²) in [5, 5.41) is 3.54. The van der Waals surface area contributed by atoms with Gasteiger partial charge in [0.15, 0.2) is 0 Å². The molecule has 0 aromatic carbocycles. The predicted octanol–water partition coefficient (Wildman–Crippen LogP) is 4.97. The average Bonchev–Trinajstić information content (AvgIpc) is 2.81. The molecule has 1 unspecified atom stereocenters. The van der Waals surface area contributed by atoms with Crippen molar-refractivity contribution >= 4 is 11.6 Å². The van der Waals surface area contributed by atoms with Crippen LogP contribution < -0.4 is 5.32 Å². The van der Waals surface area contributed by atoms with Gasteiger partial charge < -0.3 is 5.32 Å². The number of hydrogen-bond acceptors (Lipinski definition) is 1. The van der Waals surface area contributed by atoms with Crippen molar-refractivity contribution in [1.29, 1.82) is 0 Å². The number of nitrogens with one attached hydrogen (secondary N) is 1. The maximum Gasteiger partial charge on any atom is 0.0622 e. The summed E-state index contributed by atoms with van der Waals surface area (Å²) in [6.07, 6.45) is 17.3. The smallest absolute Gasteiger partial charge is 0.0622 e. The number of alkyl halides is 1. The van der Waals surface area contributed by atoms with Crippen molar-refractivity contribution in [3.8, 4) is 0 Å². The monoisotopic (exact) mass is 299 g/mol. The molecule has 0 bridgehead atoms. The van der Waals surface area contributed by atoms with Crippen LogP contribution in [0.15, 0.2) is 83.2 Å². The minimum Gasteiger partial charge on any atom is -0.381 e. The van der Waals surface area contributed by atoms with Crippen LogP contribution in [0, 0.1) is 0 Å². The normalized spacial score (nSPS) is 24.7. The van der Waals surface area contributed by atoms with Crippen LogP contribution in [0.25, 0.3) is 0 Å². The fourth-order valence-corrected chi connectivity index (χ4v) is 2.85. The molecule has 1 N–H and O–H groups in total. The van der Waals surface area contributed by atoms with Crippen LogP contribution in [-0.2, 0) is 0 Å². The second kappa shape index (κ2) is 7.33. The van der Waals surface area contributed by atoms with Gasteiger partial charge in [0.25, 0.3) is 0 Å². The van der Waals surface area contributed by atoms with E-state index in [9.17, 15) is 0 Å². The van der Waals surface area contributed by atoms with Crippen LogP contribution in [0.1, 0.15) is 20.3 Å². The molecule has 0 saturated carbocycles. The van der Waals surface area contributed by atoms with E-state index in [1.807, 2.05) is 12.2 Å². The van der Waals surface area contributed by atoms with Gasteiger partial charge in [0, 0.05) is 12.2 Å². The van der Waals surface area contributed by atoms with E-state index in [-0.39, 0.29) is 5.38 Å². The molecule has 1 aliphatic carbocycles. The van der Waals surface area contributed by atoms with Crippen LogP contribution in [0.5, 0.6) is 0 Å². The van der Waals surface area contributed by atoms with Gasteiger partial charge in [-0.05, 0) is 48.6 Å². The summed E-state index contributed by atoms with van der Waals surface area (Å²) < 4.78 is 0. The van der Waals surface area contributed by atoms with Gasteiger partial charge in [0.05, 0.1) is 5.38 Å². The molecule has 0 aromatic rings. The highest BCUT2D eigenvalue weighted by Crippen LogP contribution is 2.28. The molecule has 1 nitrogen and oxygen atoms in total. The highest BCUT2D eigenvalue weighted by Gasteiger charge is 2.17. The minimum atomic E-state index is 0.0825. The van der Waals surface area contributed by atoms with Gasteiger partial charge in [0.2, 0.25) is 0 Å². The number of rotatable bonds is 4. The Labute approximate surface area is 132 Å². The van der Waals surface area contributed by atoms with E-state index in [2.05, 4.69) is 56.1 Å². The number of allylic oxidation sites excluding steroid dienone is 10. The first-order chi connectivity index (χ1) is 10.1. The first-order valence-electron chi connectivity index (χ1n) is 7.26. The van der Waals surface area contributed by atoms with E-state index in [4.69, 9.17) is 11.6 Å². The molecule has 1 atom stereocenters. The molecular formula is C19H22ClN. The quantitative estimate of drug-likeness (QED) is 0.571. The van der Waals surface area contributed by atoms with E-state index in [0.717, 1.165) is 13.0 Å². The Hall–Kier alpha value is -1.73. The van der Waals surface area contributed by atoms with Crippen molar-refractivity contribution in [2.45, 2.75) is 25.6 Å². The summed E-state index contributed by atoms with van der Waals surface area (Å²) in [7, 11) is 0. The SMILES string of the molecule is C=C/C=C\C=C1/CNC(/C=C(\C)C2=CC=CCC2Cl)=C1C. The Morgan fingerprint density at radius 1 is 1.43 bits per heavy atom. The Bertz CT molecular complexity index is 597. The summed E-state index contributed by atoms with van der Waals surface area (Å²) in [4.78, 5) is 0. The van der Waals surface area contributed by atoms with Gasteiger partial charge in [-0.1, -0.05) is 49.1 Å². The van der Waals surface area contributed by atoms with Crippen LogP contribution in [0.4, 0.5) is 0 Å². The van der Waals surface area contributed by atoms with Crippen molar-refractivity contribution in [3.63, 3.8) is 0 Å². The largest absolute Gasteiger partial charge is 0.381 e. The lowest BCUT2D eigenvalue weighted by Crippen LogP contribution is -2.09. The van der Waals surface area contributed by atoms with E-state index in [1.165, 1.54) is 28.0 Å². The van der Waals surface area contributed by atoms with Crippen molar-refractivity contribution in [1.82, 2.24) is 5.32 Å². The lowest BCUT2D eigenvalue weighted by Gasteiger charge is -2.16. The predicted molar refractivity (Wildman–Crippen MR) is 93.4 cm³/mol. The van der Waals surface area contributed by atoms with E-state index >= 15 is 0 Å². The molecule has 0 aromatic heterocycles. The van der Waals surface area contributed by atoms with Crippen LogP contribution in [-0.4, -0.2) is 11.9 Å². The fraction of sp³-hybridized carbons (Fsp3) is 0.263. The molecule has 2 heteroatoms. The first-order valence-corrected chi connectivity index (χ1v) is 7.70. The molecule has 0 amide bonds. The summed E-state index contributed by atoms with van der Waals surface area (Å²) in [5.41, 5.74) is 6.23. The van der Waals surface area contributed by atoms with Crippen LogP contribution in [0.2, 0.25) is 0 Å². The van der Waals surface area contributed by atoms with Crippen LogP contribution in [0.3, 0.4) is 0 Å². The molecule has 1 heterocycles. The van der Waals surface area contributed by atoms with Gasteiger partial charge in [-0.3, -0.25) is 0 Å². The third kappa shape index (κ3) is 3.89. The van der Waals surface area contributed by atoms with Crippen molar-refractivity contribution < 1.29 is 0 Å². The van der Waals surface area contributed by atoms with Crippen molar-refractivity contribution in [2.24, 2.45) is 0 Å². The summed E-state index contributed by atoms with van der Waals surface area (Å²) in [6.45, 7) is 8.83. The fourth-order valence-electron chi connectivity index (χ4n) is 2.50. The highest BCUT2D eigenvalue weighted by atomic mass is 35.5. The van der Waals surface area contributed by atoms with E-state index in [0.29, 0.717) is 0 Å². The summed E-state index contributed by atoms with van der Waals surface area (Å²) in [5.74, 6) is 0. The van der Waals surface area contributed by atoms with Gasteiger partial charge in [-0.15, -0.1) is 11.6 Å². The lowest BCUT2D eigenvalue weighted by molar-refractivity contribution is 0.948. The Morgan fingerprint density at radius 3 is 2.95 bits per heavy atom. The molecule has 1 aliphatic heterocycles. The zero-order chi connectivity index (χ0) is 15.2. The lowest BCUT2D eigenvalue weighted by atomic mass is 9.96. The van der Waals surface area contributed by atoms with E-state index < -0.39 is 0 Å². The van der Waals surface area contributed by atoms with Gasteiger partial charge >= 0.3 is 0 Å². The summed E-state index contributed by atoms with van der Waals surface area (Å²) in [6, 6.07) is 0. The van der Waals surface area contributed by atoms with Gasteiger partial charge in [0.1, 0.15) is 0 Å². The summed E-state index contributed by atoms with van der Waals surface area (Å²) >= 11 is 6.39. The molecule has 0 fully saturated rings. The molecule has 0 spiro atoms. The zero-order valence-electron chi connectivity index (χ0n) is 12.7. The number of hydrogen-bond donors (Lipinski definition) is 1. The third-order valence-electron chi connectivity index (χ3n) is 3.81.